The Labute approximate surface area is 61.2 Å². The van der Waals surface area contributed by atoms with Gasteiger partial charge in [-0.25, -0.2) is 10.6 Å². The van der Waals surface area contributed by atoms with Crippen molar-refractivity contribution >= 4 is 6.03 Å². The van der Waals surface area contributed by atoms with Gasteiger partial charge in [-0.3, -0.25) is 17.1 Å². The fourth-order valence-corrected chi connectivity index (χ4v) is 0. The predicted molar refractivity (Wildman–Crippen MR) is 34.1 cm³/mol. The minimum Gasteiger partial charge on any atom is -0.351 e. The van der Waals surface area contributed by atoms with Crippen LogP contribution < -0.4 is 28.7 Å². The first-order valence-corrected chi connectivity index (χ1v) is 1.93. The Hall–Kier alpha value is -1.65. The van der Waals surface area contributed by atoms with Crippen molar-refractivity contribution in [3.05, 3.63) is 10.1 Å². The van der Waals surface area contributed by atoms with Crippen molar-refractivity contribution in [3.63, 3.8) is 0 Å². The molecule has 68 valence electrons. The predicted octanol–water partition coefficient (Wildman–Crippen LogP) is -3.00. The van der Waals surface area contributed by atoms with Gasteiger partial charge in [0.05, 0.1) is 0 Å². The maximum absolute atomic E-state index is 9.35. The summed E-state index contributed by atoms with van der Waals surface area (Å²) in [5, 5.41) is 13.6. The van der Waals surface area contributed by atoms with Crippen LogP contribution in [0.4, 0.5) is 4.79 Å². The number of nitrogens with two attached hydrogens (primary N) is 4. The van der Waals surface area contributed by atoms with Crippen molar-refractivity contribution in [2.75, 3.05) is 0 Å². The molecule has 10 heteroatoms. The van der Waals surface area contributed by atoms with E-state index in [0.29, 0.717) is 0 Å². The van der Waals surface area contributed by atoms with Crippen molar-refractivity contribution in [1.82, 2.24) is 5.43 Å². The number of rotatable bonds is 0. The van der Waals surface area contributed by atoms with E-state index in [1.165, 1.54) is 0 Å². The van der Waals surface area contributed by atoms with Crippen LogP contribution in [-0.4, -0.2) is 16.3 Å². The number of hydrogen-bond donors (Lipinski definition) is 6. The lowest BCUT2D eigenvalue weighted by Crippen LogP contribution is -2.34. The van der Waals surface area contributed by atoms with E-state index in [2.05, 4.69) is 23.3 Å². The number of hydrazine groups is 2. The summed E-state index contributed by atoms with van der Waals surface area (Å²) >= 11 is 0. The number of nitrogens with zero attached hydrogens (tertiary/aromatic N) is 1. The number of urea groups is 1. The third-order valence-electron chi connectivity index (χ3n) is 0.142. The summed E-state index contributed by atoms with van der Waals surface area (Å²) in [6.07, 6.45) is 0. The average molecular weight is 170 g/mol. The first-order chi connectivity index (χ1) is 5.00. The van der Waals surface area contributed by atoms with Crippen LogP contribution in [0.15, 0.2) is 0 Å². The summed E-state index contributed by atoms with van der Waals surface area (Å²) < 4.78 is 0. The Morgan fingerprint density at radius 2 is 1.64 bits per heavy atom. The first-order valence-electron chi connectivity index (χ1n) is 1.93. The highest BCUT2D eigenvalue weighted by Gasteiger charge is 1.73. The molecule has 10 N–H and O–H groups in total. The molecule has 0 radical (unpaired) electrons. The second kappa shape index (κ2) is 15.8. The number of carbonyl (C=O) groups is 1. The molecule has 0 rings (SSSR count). The van der Waals surface area contributed by atoms with Crippen LogP contribution in [0.25, 0.3) is 0 Å². The second-order valence-corrected chi connectivity index (χ2v) is 0.746. The third-order valence-corrected chi connectivity index (χ3v) is 0.142. The molecule has 0 saturated carbocycles. The molecule has 0 aromatic heterocycles. The number of carbonyl (C=O) groups excluding carboxylic acids is 1. The lowest BCUT2D eigenvalue weighted by Gasteiger charge is -1.81. The summed E-state index contributed by atoms with van der Waals surface area (Å²) in [7, 11) is 0. The molecule has 0 aromatic rings. The zero-order valence-corrected chi connectivity index (χ0v) is 5.43. The van der Waals surface area contributed by atoms with Crippen LogP contribution in [0.5, 0.6) is 0 Å². The van der Waals surface area contributed by atoms with E-state index >= 15 is 0 Å². The van der Waals surface area contributed by atoms with Crippen molar-refractivity contribution < 1.29 is 15.1 Å². The summed E-state index contributed by atoms with van der Waals surface area (Å²) in [5.74, 6) is 12.4. The lowest BCUT2D eigenvalue weighted by atomic mass is 11.2. The van der Waals surface area contributed by atoms with E-state index in [4.69, 9.17) is 15.3 Å². The molecule has 0 saturated heterocycles. The van der Waals surface area contributed by atoms with E-state index in [0.717, 1.165) is 0 Å². The molecule has 0 fully saturated rings. The molecule has 0 aliphatic heterocycles. The van der Waals surface area contributed by atoms with Crippen molar-refractivity contribution in [3.8, 4) is 0 Å². The Bertz CT molecular complexity index is 98.8. The fraction of sp³-hybridized carbons (Fsp3) is 0. The van der Waals surface area contributed by atoms with Crippen LogP contribution >= 0.6 is 0 Å². The van der Waals surface area contributed by atoms with Gasteiger partial charge in [0.15, 0.2) is 0 Å². The van der Waals surface area contributed by atoms with Crippen molar-refractivity contribution in [2.24, 2.45) is 23.3 Å². The first kappa shape index (κ1) is 16.2. The molecule has 0 spiro atoms. The number of nitrogens with one attached hydrogen (secondary N) is 1. The van der Waals surface area contributed by atoms with Crippen LogP contribution in [-0.2, 0) is 0 Å². The molecule has 11 heavy (non-hydrogen) atoms. The minimum atomic E-state index is -1.50. The summed E-state index contributed by atoms with van der Waals surface area (Å²) in [4.78, 5) is 17.7. The van der Waals surface area contributed by atoms with Gasteiger partial charge >= 0.3 is 6.03 Å². The zero-order chi connectivity index (χ0) is 9.86. The van der Waals surface area contributed by atoms with Gasteiger partial charge in [0.1, 0.15) is 0 Å². The van der Waals surface area contributed by atoms with Crippen LogP contribution in [0.2, 0.25) is 0 Å². The van der Waals surface area contributed by atoms with E-state index in [1.54, 1.807) is 5.43 Å². The highest BCUT2D eigenvalue weighted by atomic mass is 16.9. The Morgan fingerprint density at radius 3 is 1.64 bits per heavy atom. The van der Waals surface area contributed by atoms with E-state index in [-0.39, 0.29) is 0 Å². The summed E-state index contributed by atoms with van der Waals surface area (Å²) in [5.41, 5.74) is 6.08. The average Bonchev–Trinajstić information content (AvgIpc) is 1.91. The number of amides is 2. The maximum Gasteiger partial charge on any atom is 0.326 e. The Balaban J connectivity index is -0.0000000965. The van der Waals surface area contributed by atoms with Crippen LogP contribution in [0.3, 0.4) is 0 Å². The molecule has 0 atom stereocenters. The van der Waals surface area contributed by atoms with Crippen molar-refractivity contribution in [1.29, 1.82) is 0 Å². The summed E-state index contributed by atoms with van der Waals surface area (Å²) in [6, 6.07) is -0.718. The van der Waals surface area contributed by atoms with Gasteiger partial charge in [0, 0.05) is 0 Å². The van der Waals surface area contributed by atoms with Gasteiger partial charge in [0.2, 0.25) is 0 Å². The molecule has 10 nitrogen and oxygen atoms in total. The molecule has 0 bridgehead atoms. The molecule has 0 heterocycles. The second-order valence-electron chi connectivity index (χ2n) is 0.746. The monoisotopic (exact) mass is 170 g/mol. The Morgan fingerprint density at radius 1 is 1.55 bits per heavy atom. The standard InChI is InChI=1S/CH5N3O.H4N2.HNO3/c2-1(5)4-3;1-2;2-1(3)4/h3H2,(H3,2,4,5);1-2H2;(H,2,3,4). The number of hydrogen-bond acceptors (Lipinski definition) is 6. The minimum absolute atomic E-state index is 0.718. The van der Waals surface area contributed by atoms with Gasteiger partial charge < -0.3 is 10.9 Å². The Kier molecular flexibility index (Phi) is 23.2. The molecular formula is CH10N6O4. The quantitative estimate of drug-likeness (QED) is 0.0962. The number of primary amides is 1. The molecule has 2 amide bonds. The van der Waals surface area contributed by atoms with E-state index in [9.17, 15) is 4.79 Å². The van der Waals surface area contributed by atoms with Crippen LogP contribution in [0, 0.1) is 10.1 Å². The highest BCUT2D eigenvalue weighted by molar-refractivity contribution is 5.70. The van der Waals surface area contributed by atoms with Gasteiger partial charge in [0.25, 0.3) is 5.09 Å². The molecule has 0 unspecified atom stereocenters. The molecular weight excluding hydrogens is 160 g/mol. The highest BCUT2D eigenvalue weighted by Crippen LogP contribution is 1.38. The smallest absolute Gasteiger partial charge is 0.326 e. The maximum atomic E-state index is 9.35. The molecule has 0 aromatic carbocycles. The van der Waals surface area contributed by atoms with Gasteiger partial charge in [-0.15, -0.1) is 10.1 Å². The lowest BCUT2D eigenvalue weighted by molar-refractivity contribution is -0.742. The van der Waals surface area contributed by atoms with E-state index < -0.39 is 11.1 Å². The van der Waals surface area contributed by atoms with Gasteiger partial charge in [-0.1, -0.05) is 0 Å². The molecule has 0 aliphatic carbocycles. The topological polar surface area (TPSA) is 197 Å². The molecule has 0 aliphatic rings. The van der Waals surface area contributed by atoms with Crippen LogP contribution in [0.1, 0.15) is 0 Å². The third kappa shape index (κ3) is 2750. The fourth-order valence-electron chi connectivity index (χ4n) is 0. The zero-order valence-electron chi connectivity index (χ0n) is 5.43. The van der Waals surface area contributed by atoms with Gasteiger partial charge in [-0.2, -0.15) is 0 Å². The van der Waals surface area contributed by atoms with Gasteiger partial charge in [-0.05, 0) is 0 Å². The SMILES string of the molecule is NN.NNC(N)=O.O=[N+]([O-])O. The normalized spacial score (nSPS) is 5.73. The van der Waals surface area contributed by atoms with Crippen molar-refractivity contribution in [2.45, 2.75) is 0 Å². The summed E-state index contributed by atoms with van der Waals surface area (Å²) in [6.45, 7) is 0. The largest absolute Gasteiger partial charge is 0.351 e. The van der Waals surface area contributed by atoms with E-state index in [1.807, 2.05) is 0 Å².